The maximum atomic E-state index is 11.0. The average Bonchev–Trinajstić information content (AvgIpc) is 2.04. The van der Waals surface area contributed by atoms with Gasteiger partial charge in [-0.1, -0.05) is 0 Å². The molecule has 77 valence electrons. The van der Waals surface area contributed by atoms with Gasteiger partial charge in [-0.3, -0.25) is 0 Å². The van der Waals surface area contributed by atoms with Crippen LogP contribution in [-0.2, 0) is 4.79 Å². The number of thiol groups is 1. The van der Waals surface area contributed by atoms with Crippen LogP contribution in [0.15, 0.2) is 0 Å². The first-order valence-electron chi connectivity index (χ1n) is 3.74. The molecule has 0 aromatic rings. The zero-order valence-electron chi connectivity index (χ0n) is 7.61. The Kier molecular flexibility index (Phi) is 5.83. The Morgan fingerprint density at radius 3 is 2.31 bits per heavy atom. The third kappa shape index (κ3) is 3.08. The molecule has 6 heteroatoms. The predicted molar refractivity (Wildman–Crippen MR) is 61.1 cm³/mol. The van der Waals surface area contributed by atoms with Crippen molar-refractivity contribution >= 4 is 51.4 Å². The first-order valence-corrected chi connectivity index (χ1v) is 8.16. The van der Waals surface area contributed by atoms with Crippen LogP contribution in [0, 0.1) is 0 Å². The summed E-state index contributed by atoms with van der Waals surface area (Å²) in [6.07, 6.45) is 0. The van der Waals surface area contributed by atoms with Crippen molar-refractivity contribution in [3.63, 3.8) is 0 Å². The summed E-state index contributed by atoms with van der Waals surface area (Å²) in [7, 11) is 0. The molecule has 1 radical (unpaired) electrons. The van der Waals surface area contributed by atoms with E-state index < -0.39 is 24.3 Å². The van der Waals surface area contributed by atoms with Crippen LogP contribution in [0.4, 0.5) is 0 Å². The van der Waals surface area contributed by atoms with Gasteiger partial charge in [0, 0.05) is 0 Å². The molecule has 1 unspecified atom stereocenters. The van der Waals surface area contributed by atoms with Crippen molar-refractivity contribution in [3.8, 4) is 0 Å². The minimum absolute atomic E-state index is 0.194. The van der Waals surface area contributed by atoms with Gasteiger partial charge in [0.05, 0.1) is 0 Å². The van der Waals surface area contributed by atoms with Gasteiger partial charge in [0.15, 0.2) is 0 Å². The molecule has 0 fully saturated rings. The van der Waals surface area contributed by atoms with Crippen molar-refractivity contribution in [2.24, 2.45) is 5.73 Å². The molecule has 0 bridgehead atoms. The fraction of sp³-hybridized carbons (Fsp3) is 0.714. The molecular formula is C7H14NO2SSe2. The molecule has 0 aliphatic heterocycles. The van der Waals surface area contributed by atoms with Gasteiger partial charge in [0.1, 0.15) is 0 Å². The van der Waals surface area contributed by atoms with Crippen LogP contribution in [0.25, 0.3) is 0 Å². The second-order valence-electron chi connectivity index (χ2n) is 2.52. The Bertz CT molecular complexity index is 225. The van der Waals surface area contributed by atoms with Crippen LogP contribution in [0.3, 0.4) is 0 Å². The molecule has 0 aliphatic rings. The summed E-state index contributed by atoms with van der Waals surface area (Å²) in [5, 5.41) is 9.83. The molecule has 3 nitrogen and oxygen atoms in total. The first kappa shape index (κ1) is 13.7. The maximum absolute atomic E-state index is 11.0. The summed E-state index contributed by atoms with van der Waals surface area (Å²) in [5.74, 6) is -0.746. The fourth-order valence-corrected chi connectivity index (χ4v) is 8.60. The fourth-order valence-electron chi connectivity index (χ4n) is 0.968. The predicted octanol–water partition coefficient (Wildman–Crippen LogP) is -0.348. The molecular weight excluding hydrogens is 320 g/mol. The van der Waals surface area contributed by atoms with Gasteiger partial charge >= 0.3 is 96.4 Å². The van der Waals surface area contributed by atoms with Crippen LogP contribution < -0.4 is 5.73 Å². The number of carboxylic acid groups (broad SMARTS) is 1. The van der Waals surface area contributed by atoms with E-state index in [0.29, 0.717) is 0 Å². The summed E-state index contributed by atoms with van der Waals surface area (Å²) in [6, 6.07) is 0. The molecule has 0 aliphatic carbocycles. The topological polar surface area (TPSA) is 63.3 Å². The van der Waals surface area contributed by atoms with E-state index in [0.717, 1.165) is 8.64 Å². The molecule has 13 heavy (non-hydrogen) atoms. The summed E-state index contributed by atoms with van der Waals surface area (Å²) < 4.78 is -0.0887. The summed E-state index contributed by atoms with van der Waals surface area (Å²) in [5.41, 5.74) is 5.83. The summed E-state index contributed by atoms with van der Waals surface area (Å²) in [6.45, 7) is 3.88. The van der Waals surface area contributed by atoms with Crippen LogP contribution in [0.1, 0.15) is 13.8 Å². The number of carbonyl (C=O) groups is 1. The monoisotopic (exact) mass is 336 g/mol. The van der Waals surface area contributed by atoms with Crippen LogP contribution >= 0.6 is 12.6 Å². The van der Waals surface area contributed by atoms with Crippen molar-refractivity contribution in [1.29, 1.82) is 0 Å². The van der Waals surface area contributed by atoms with E-state index in [4.69, 9.17) is 10.8 Å². The molecule has 0 saturated carbocycles. The molecule has 0 rings (SSSR count). The zero-order valence-corrected chi connectivity index (χ0v) is 11.9. The molecule has 1 atom stereocenters. The number of aliphatic carboxylic acids is 1. The quantitative estimate of drug-likeness (QED) is 0.476. The number of rotatable bonds is 5. The third-order valence-electron chi connectivity index (χ3n) is 1.67. The number of hydrogen-bond acceptors (Lipinski definition) is 3. The van der Waals surface area contributed by atoms with Gasteiger partial charge in [-0.2, -0.15) is 0 Å². The normalized spacial score (nSPS) is 15.5. The second-order valence-corrected chi connectivity index (χ2v) is 11.1. The van der Waals surface area contributed by atoms with E-state index in [-0.39, 0.29) is 5.75 Å². The van der Waals surface area contributed by atoms with Crippen LogP contribution in [-0.4, -0.2) is 54.1 Å². The van der Waals surface area contributed by atoms with Crippen molar-refractivity contribution < 1.29 is 9.90 Å². The Morgan fingerprint density at radius 1 is 1.77 bits per heavy atom. The zero-order chi connectivity index (χ0) is 10.6. The van der Waals surface area contributed by atoms with E-state index in [9.17, 15) is 4.79 Å². The summed E-state index contributed by atoms with van der Waals surface area (Å²) in [4.78, 5) is 11.0. The van der Waals surface area contributed by atoms with E-state index in [1.807, 2.05) is 13.8 Å². The molecule has 0 aromatic heterocycles. The van der Waals surface area contributed by atoms with Crippen LogP contribution in [0.2, 0.25) is 5.32 Å². The molecule has 0 spiro atoms. The van der Waals surface area contributed by atoms with Crippen molar-refractivity contribution in [3.05, 3.63) is 0 Å². The summed E-state index contributed by atoms with van der Waals surface area (Å²) >= 11 is 5.44. The van der Waals surface area contributed by atoms with Gasteiger partial charge < -0.3 is 0 Å². The third-order valence-corrected chi connectivity index (χ3v) is 10.0. The Hall–Kier alpha value is 0.689. The number of carboxylic acids is 1. The first-order chi connectivity index (χ1) is 5.90. The number of hydrogen-bond donors (Lipinski definition) is 3. The van der Waals surface area contributed by atoms with Crippen molar-refractivity contribution in [2.75, 3.05) is 5.75 Å². The van der Waals surface area contributed by atoms with Gasteiger partial charge in [-0.25, -0.2) is 0 Å². The van der Waals surface area contributed by atoms with Crippen LogP contribution in [0.5, 0.6) is 0 Å². The number of nitrogens with two attached hydrogens (primary N) is 1. The van der Waals surface area contributed by atoms with Crippen molar-refractivity contribution in [2.45, 2.75) is 23.6 Å². The Morgan fingerprint density at radius 2 is 2.23 bits per heavy atom. The van der Waals surface area contributed by atoms with E-state index >= 15 is 0 Å². The van der Waals surface area contributed by atoms with Gasteiger partial charge in [0.25, 0.3) is 0 Å². The molecule has 0 saturated heterocycles. The Balaban J connectivity index is 4.91. The minimum atomic E-state index is -1.47. The van der Waals surface area contributed by atoms with E-state index in [1.165, 1.54) is 0 Å². The second kappa shape index (κ2) is 5.54. The average molecular weight is 334 g/mol. The SMILES string of the molecule is CC[Se](C(C)=[Se])C(N)(CS)C(=O)O. The van der Waals surface area contributed by atoms with Gasteiger partial charge in [-0.15, -0.1) is 0 Å². The molecule has 0 amide bonds. The molecule has 0 heterocycles. The van der Waals surface area contributed by atoms with E-state index in [2.05, 4.69) is 28.2 Å². The Labute approximate surface area is 96.1 Å². The van der Waals surface area contributed by atoms with Gasteiger partial charge in [-0.05, 0) is 0 Å². The van der Waals surface area contributed by atoms with Crippen molar-refractivity contribution in [1.82, 2.24) is 0 Å². The standard InChI is InChI=1S/C7H14NO2SSe2/c1-3-13(5(2)12)7(8,4-11)6(9)10/h11H,3-4,8H2,1-2H3,(H,9,10). The molecule has 3 N–H and O–H groups in total. The van der Waals surface area contributed by atoms with Gasteiger partial charge in [0.2, 0.25) is 0 Å². The molecule has 0 aromatic carbocycles. The van der Waals surface area contributed by atoms with E-state index in [1.54, 1.807) is 0 Å².